The van der Waals surface area contributed by atoms with Crippen molar-refractivity contribution in [3.63, 3.8) is 0 Å². The van der Waals surface area contributed by atoms with Crippen LogP contribution in [0.4, 0.5) is 0 Å². The van der Waals surface area contributed by atoms with Crippen LogP contribution in [0.25, 0.3) is 0 Å². The van der Waals surface area contributed by atoms with Crippen LogP contribution in [0.5, 0.6) is 5.75 Å². The molecule has 0 amide bonds. The number of nitrogens with zero attached hydrogens (tertiary/aromatic N) is 2. The molecule has 0 aliphatic rings. The highest BCUT2D eigenvalue weighted by atomic mass is 35.5. The topological polar surface area (TPSA) is 53.1 Å². The molecule has 0 radical (unpaired) electrons. The van der Waals surface area contributed by atoms with E-state index in [0.29, 0.717) is 24.6 Å². The molecule has 0 aliphatic heterocycles. The second kappa shape index (κ2) is 7.48. The summed E-state index contributed by atoms with van der Waals surface area (Å²) in [5.74, 6) is 0.801. The van der Waals surface area contributed by atoms with Crippen molar-refractivity contribution in [3.8, 4) is 5.75 Å². The van der Waals surface area contributed by atoms with E-state index in [0.717, 1.165) is 35.7 Å². The first kappa shape index (κ1) is 15.9. The van der Waals surface area contributed by atoms with Gasteiger partial charge in [0.05, 0.1) is 11.4 Å². The quantitative estimate of drug-likeness (QED) is 0.854. The van der Waals surface area contributed by atoms with Gasteiger partial charge in [0.15, 0.2) is 0 Å². The van der Waals surface area contributed by atoms with Gasteiger partial charge >= 0.3 is 0 Å². The van der Waals surface area contributed by atoms with E-state index in [9.17, 15) is 0 Å². The van der Waals surface area contributed by atoms with Crippen LogP contribution >= 0.6 is 11.6 Å². The molecule has 1 aromatic carbocycles. The van der Waals surface area contributed by atoms with Gasteiger partial charge < -0.3 is 10.5 Å². The number of benzene rings is 1. The van der Waals surface area contributed by atoms with Gasteiger partial charge in [-0.25, -0.2) is 0 Å². The summed E-state index contributed by atoms with van der Waals surface area (Å²) >= 11 is 6.22. The number of nitrogens with two attached hydrogens (primary N) is 1. The molecule has 0 bridgehead atoms. The molecule has 0 unspecified atom stereocenters. The van der Waals surface area contributed by atoms with Crippen molar-refractivity contribution < 1.29 is 4.74 Å². The molecule has 0 saturated carbocycles. The molecule has 0 saturated heterocycles. The summed E-state index contributed by atoms with van der Waals surface area (Å²) < 4.78 is 7.93. The number of hydrogen-bond donors (Lipinski definition) is 1. The maximum Gasteiger partial charge on any atom is 0.130 e. The summed E-state index contributed by atoms with van der Waals surface area (Å²) in [5, 5.41) is 5.23. The van der Waals surface area contributed by atoms with E-state index >= 15 is 0 Å². The number of halogens is 1. The van der Waals surface area contributed by atoms with E-state index < -0.39 is 0 Å². The predicted octanol–water partition coefficient (Wildman–Crippen LogP) is 3.20. The Kier molecular flexibility index (Phi) is 5.65. The van der Waals surface area contributed by atoms with Gasteiger partial charge in [-0.05, 0) is 44.5 Å². The van der Waals surface area contributed by atoms with Crippen LogP contribution in [0.3, 0.4) is 0 Å². The first-order valence-corrected chi connectivity index (χ1v) is 7.73. The third-order valence-corrected chi connectivity index (χ3v) is 3.78. The summed E-state index contributed by atoms with van der Waals surface area (Å²) in [6.45, 7) is 6.05. The van der Waals surface area contributed by atoms with Crippen molar-refractivity contribution in [1.29, 1.82) is 0 Å². The van der Waals surface area contributed by atoms with Crippen molar-refractivity contribution in [2.45, 2.75) is 39.8 Å². The van der Waals surface area contributed by atoms with Crippen LogP contribution in [-0.4, -0.2) is 16.3 Å². The van der Waals surface area contributed by atoms with Gasteiger partial charge in [-0.1, -0.05) is 24.6 Å². The lowest BCUT2D eigenvalue weighted by atomic mass is 10.1. The Bertz CT molecular complexity index is 595. The fraction of sp³-hybridized carbons (Fsp3) is 0.438. The minimum Gasteiger partial charge on any atom is -0.487 e. The van der Waals surface area contributed by atoms with Gasteiger partial charge in [0, 0.05) is 17.1 Å². The van der Waals surface area contributed by atoms with Gasteiger partial charge in [-0.2, -0.15) is 5.10 Å². The van der Waals surface area contributed by atoms with Crippen LogP contribution in [0.2, 0.25) is 5.02 Å². The summed E-state index contributed by atoms with van der Waals surface area (Å²) in [6.07, 6.45) is 1.64. The molecule has 0 aliphatic carbocycles. The van der Waals surface area contributed by atoms with Crippen molar-refractivity contribution in [2.75, 3.05) is 6.54 Å². The second-order valence-electron chi connectivity index (χ2n) is 4.84. The van der Waals surface area contributed by atoms with Crippen molar-refractivity contribution in [3.05, 3.63) is 46.2 Å². The minimum absolute atomic E-state index is 0.485. The molecular weight excluding hydrogens is 286 g/mol. The Labute approximate surface area is 130 Å². The molecule has 0 spiro atoms. The van der Waals surface area contributed by atoms with Crippen LogP contribution in [-0.2, 0) is 26.0 Å². The fourth-order valence-electron chi connectivity index (χ4n) is 2.29. The zero-order valence-electron chi connectivity index (χ0n) is 12.6. The molecule has 2 aromatic rings. The molecule has 2 rings (SSSR count). The molecule has 1 aromatic heterocycles. The monoisotopic (exact) mass is 307 g/mol. The van der Waals surface area contributed by atoms with Crippen LogP contribution in [0.15, 0.2) is 24.3 Å². The minimum atomic E-state index is 0.485. The second-order valence-corrected chi connectivity index (χ2v) is 5.25. The average molecular weight is 308 g/mol. The van der Waals surface area contributed by atoms with Gasteiger partial charge in [-0.3, -0.25) is 4.68 Å². The van der Waals surface area contributed by atoms with Crippen molar-refractivity contribution in [2.24, 2.45) is 5.73 Å². The molecule has 1 heterocycles. The van der Waals surface area contributed by atoms with E-state index in [1.54, 1.807) is 0 Å². The first-order valence-electron chi connectivity index (χ1n) is 7.35. The highest BCUT2D eigenvalue weighted by Crippen LogP contribution is 2.27. The number of aromatic nitrogens is 2. The largest absolute Gasteiger partial charge is 0.487 e. The molecule has 4 nitrogen and oxygen atoms in total. The first-order chi connectivity index (χ1) is 10.2. The van der Waals surface area contributed by atoms with Gasteiger partial charge in [-0.15, -0.1) is 0 Å². The van der Waals surface area contributed by atoms with Crippen molar-refractivity contribution >= 4 is 11.6 Å². The molecule has 0 fully saturated rings. The predicted molar refractivity (Wildman–Crippen MR) is 85.8 cm³/mol. The lowest BCUT2D eigenvalue weighted by molar-refractivity contribution is 0.289. The SMILES string of the molecule is CCc1cc(COc2cccc(Cl)c2CCN)n(CC)n1. The van der Waals surface area contributed by atoms with E-state index in [1.165, 1.54) is 0 Å². The normalized spacial score (nSPS) is 10.9. The van der Waals surface area contributed by atoms with Crippen LogP contribution in [0, 0.1) is 0 Å². The number of rotatable bonds is 7. The number of aryl methyl sites for hydroxylation is 2. The number of hydrogen-bond acceptors (Lipinski definition) is 3. The summed E-state index contributed by atoms with van der Waals surface area (Å²) in [7, 11) is 0. The highest BCUT2D eigenvalue weighted by molar-refractivity contribution is 6.31. The van der Waals surface area contributed by atoms with Gasteiger partial charge in [0.2, 0.25) is 0 Å². The standard InChI is InChI=1S/C16H22ClN3O/c1-3-12-10-13(20(4-2)19-12)11-21-16-7-5-6-15(17)14(16)8-9-18/h5-7,10H,3-4,8-9,11,18H2,1-2H3. The number of ether oxygens (including phenoxy) is 1. The molecule has 114 valence electrons. The summed E-state index contributed by atoms with van der Waals surface area (Å²) in [6, 6.07) is 7.79. The Hall–Kier alpha value is -1.52. The van der Waals surface area contributed by atoms with Crippen LogP contribution in [0.1, 0.15) is 30.8 Å². The van der Waals surface area contributed by atoms with Gasteiger partial charge in [0.25, 0.3) is 0 Å². The zero-order chi connectivity index (χ0) is 15.2. The maximum atomic E-state index is 6.22. The lowest BCUT2D eigenvalue weighted by Crippen LogP contribution is -2.09. The summed E-state index contributed by atoms with van der Waals surface area (Å²) in [4.78, 5) is 0. The molecule has 0 atom stereocenters. The Morgan fingerprint density at radius 1 is 1.33 bits per heavy atom. The molecular formula is C16H22ClN3O. The third-order valence-electron chi connectivity index (χ3n) is 3.42. The highest BCUT2D eigenvalue weighted by Gasteiger charge is 2.10. The fourth-order valence-corrected chi connectivity index (χ4v) is 2.55. The Morgan fingerprint density at radius 3 is 2.81 bits per heavy atom. The smallest absolute Gasteiger partial charge is 0.130 e. The van der Waals surface area contributed by atoms with Crippen LogP contribution < -0.4 is 10.5 Å². The van der Waals surface area contributed by atoms with E-state index in [2.05, 4.69) is 25.0 Å². The third kappa shape index (κ3) is 3.77. The average Bonchev–Trinajstić information content (AvgIpc) is 2.90. The molecule has 21 heavy (non-hydrogen) atoms. The Balaban J connectivity index is 2.16. The zero-order valence-corrected chi connectivity index (χ0v) is 13.4. The van der Waals surface area contributed by atoms with Crippen molar-refractivity contribution in [1.82, 2.24) is 9.78 Å². The lowest BCUT2D eigenvalue weighted by Gasteiger charge is -2.13. The van der Waals surface area contributed by atoms with E-state index in [1.807, 2.05) is 22.9 Å². The van der Waals surface area contributed by atoms with Gasteiger partial charge in [0.1, 0.15) is 12.4 Å². The molecule has 2 N–H and O–H groups in total. The Morgan fingerprint density at radius 2 is 2.14 bits per heavy atom. The molecule has 5 heteroatoms. The maximum absolute atomic E-state index is 6.22. The van der Waals surface area contributed by atoms with E-state index in [-0.39, 0.29) is 0 Å². The summed E-state index contributed by atoms with van der Waals surface area (Å²) in [5.41, 5.74) is 8.78. The van der Waals surface area contributed by atoms with E-state index in [4.69, 9.17) is 22.1 Å².